The van der Waals surface area contributed by atoms with E-state index >= 15 is 0 Å². The van der Waals surface area contributed by atoms with Crippen molar-refractivity contribution in [2.45, 2.75) is 123 Å². The summed E-state index contributed by atoms with van der Waals surface area (Å²) in [6.45, 7) is 13.5. The van der Waals surface area contributed by atoms with Crippen molar-refractivity contribution in [3.63, 3.8) is 0 Å². The summed E-state index contributed by atoms with van der Waals surface area (Å²) in [5.74, 6) is 2.77. The molecular weight excluding hydrogens is 468 g/mol. The third-order valence-corrected chi connectivity index (χ3v) is 12.5. The number of esters is 2. The Balaban J connectivity index is 1.27. The third-order valence-electron chi connectivity index (χ3n) is 12.5. The first-order valence-corrected chi connectivity index (χ1v) is 15.1. The van der Waals surface area contributed by atoms with Crippen LogP contribution in [0.15, 0.2) is 0 Å². The van der Waals surface area contributed by atoms with Crippen molar-refractivity contribution in [2.24, 2.45) is 52.3 Å². The molecule has 2 aliphatic heterocycles. The molecule has 0 amide bonds. The Morgan fingerprint density at radius 1 is 0.811 bits per heavy atom. The highest BCUT2D eigenvalue weighted by Crippen LogP contribution is 2.71. The average Bonchev–Trinajstić information content (AvgIpc) is 3.26. The highest BCUT2D eigenvalue weighted by Gasteiger charge is 2.70. The van der Waals surface area contributed by atoms with E-state index in [1.807, 2.05) is 0 Å². The summed E-state index contributed by atoms with van der Waals surface area (Å²) >= 11 is 0. The molecule has 4 aliphatic carbocycles. The zero-order chi connectivity index (χ0) is 26.3. The number of fused-ring (bicyclic) bond motifs is 7. The summed E-state index contributed by atoms with van der Waals surface area (Å²) < 4.78 is 25.2. The van der Waals surface area contributed by atoms with Gasteiger partial charge in [-0.25, -0.2) is 0 Å². The maximum Gasteiger partial charge on any atom is 0.302 e. The molecule has 2 heterocycles. The van der Waals surface area contributed by atoms with Crippen molar-refractivity contribution in [1.29, 1.82) is 0 Å². The fraction of sp³-hybridized carbons (Fsp3) is 0.935. The molecule has 13 atom stereocenters. The number of hydrogen-bond acceptors (Lipinski definition) is 6. The van der Waals surface area contributed by atoms with Gasteiger partial charge >= 0.3 is 11.9 Å². The summed E-state index contributed by atoms with van der Waals surface area (Å²) in [5, 5.41) is 0. The highest BCUT2D eigenvalue weighted by atomic mass is 16.7. The van der Waals surface area contributed by atoms with Crippen LogP contribution in [-0.4, -0.2) is 42.6 Å². The summed E-state index contributed by atoms with van der Waals surface area (Å²) in [6, 6.07) is 0. The molecular formula is C31H48O6. The molecule has 0 aromatic carbocycles. The lowest BCUT2D eigenvalue weighted by Crippen LogP contribution is -2.59. The molecule has 6 fully saturated rings. The van der Waals surface area contributed by atoms with E-state index in [9.17, 15) is 9.59 Å². The Hall–Kier alpha value is -1.14. The Kier molecular flexibility index (Phi) is 6.31. The maximum atomic E-state index is 12.3. The lowest BCUT2D eigenvalue weighted by molar-refractivity contribution is -0.273. The van der Waals surface area contributed by atoms with E-state index in [-0.39, 0.29) is 52.8 Å². The van der Waals surface area contributed by atoms with Crippen molar-refractivity contribution >= 4 is 11.9 Å². The van der Waals surface area contributed by atoms with E-state index in [0.717, 1.165) is 45.1 Å². The van der Waals surface area contributed by atoms with Crippen molar-refractivity contribution in [3.8, 4) is 0 Å². The maximum absolute atomic E-state index is 12.3. The molecule has 1 spiro atoms. The van der Waals surface area contributed by atoms with Gasteiger partial charge in [-0.2, -0.15) is 0 Å². The van der Waals surface area contributed by atoms with E-state index in [1.54, 1.807) is 6.92 Å². The van der Waals surface area contributed by atoms with Gasteiger partial charge in [0.1, 0.15) is 12.2 Å². The number of carbonyl (C=O) groups excluding carboxylic acids is 2. The minimum absolute atomic E-state index is 0.0615. The van der Waals surface area contributed by atoms with Gasteiger partial charge in [0, 0.05) is 32.1 Å². The molecule has 6 heteroatoms. The molecule has 0 aromatic rings. The molecule has 4 saturated carbocycles. The number of rotatable bonds is 2. The molecule has 0 N–H and O–H groups in total. The predicted octanol–water partition coefficient (Wildman–Crippen LogP) is 5.91. The van der Waals surface area contributed by atoms with E-state index in [4.69, 9.17) is 18.9 Å². The molecule has 0 aromatic heterocycles. The van der Waals surface area contributed by atoms with Crippen LogP contribution in [0.1, 0.15) is 99.3 Å². The highest BCUT2D eigenvalue weighted by molar-refractivity contribution is 5.66. The first kappa shape index (κ1) is 26.1. The lowest BCUT2D eigenvalue weighted by atomic mass is 9.43. The van der Waals surface area contributed by atoms with Crippen LogP contribution in [0.3, 0.4) is 0 Å². The summed E-state index contributed by atoms with van der Waals surface area (Å²) in [5.41, 5.74) is 0.342. The molecule has 37 heavy (non-hydrogen) atoms. The smallest absolute Gasteiger partial charge is 0.302 e. The molecule has 0 bridgehead atoms. The summed E-state index contributed by atoms with van der Waals surface area (Å²) in [6.07, 6.45) is 9.59. The third kappa shape index (κ3) is 3.93. The number of carbonyl (C=O) groups is 2. The number of ether oxygens (including phenoxy) is 4. The Morgan fingerprint density at radius 3 is 2.22 bits per heavy atom. The fourth-order valence-corrected chi connectivity index (χ4v) is 10.9. The zero-order valence-corrected chi connectivity index (χ0v) is 23.8. The minimum atomic E-state index is -0.383. The van der Waals surface area contributed by atoms with Crippen LogP contribution in [0.5, 0.6) is 0 Å². The van der Waals surface area contributed by atoms with E-state index in [1.165, 1.54) is 26.2 Å². The van der Waals surface area contributed by atoms with Crippen molar-refractivity contribution in [2.75, 3.05) is 6.61 Å². The monoisotopic (exact) mass is 516 g/mol. The Morgan fingerprint density at radius 2 is 1.54 bits per heavy atom. The first-order chi connectivity index (χ1) is 17.5. The lowest BCUT2D eigenvalue weighted by Gasteiger charge is -2.62. The van der Waals surface area contributed by atoms with Crippen LogP contribution in [0.25, 0.3) is 0 Å². The summed E-state index contributed by atoms with van der Waals surface area (Å²) in [4.78, 5) is 24.0. The van der Waals surface area contributed by atoms with E-state index in [0.29, 0.717) is 35.5 Å². The Labute approximate surface area is 222 Å². The van der Waals surface area contributed by atoms with Gasteiger partial charge in [0.15, 0.2) is 5.79 Å². The summed E-state index contributed by atoms with van der Waals surface area (Å²) in [7, 11) is 0. The van der Waals surface area contributed by atoms with E-state index in [2.05, 4.69) is 27.7 Å². The van der Waals surface area contributed by atoms with Crippen LogP contribution in [0, 0.1) is 52.3 Å². The number of hydrogen-bond donors (Lipinski definition) is 0. The standard InChI is InChI=1S/C31H48O6/c1-17-7-12-31(34-16-17)18(2)28-27(37-31)15-24-22-14-26(36-20(4)33)25-13-21(35-19(3)32)8-10-29(25,5)23(22)9-11-30(24,28)6/h17-18,21-28H,7-16H2,1-6H3. The Bertz CT molecular complexity index is 925. The second-order valence-electron chi connectivity index (χ2n) is 14.4. The largest absolute Gasteiger partial charge is 0.463 e. The van der Waals surface area contributed by atoms with E-state index < -0.39 is 0 Å². The van der Waals surface area contributed by atoms with Gasteiger partial charge < -0.3 is 18.9 Å². The zero-order valence-electron chi connectivity index (χ0n) is 23.8. The molecule has 6 aliphatic rings. The average molecular weight is 517 g/mol. The quantitative estimate of drug-likeness (QED) is 0.425. The van der Waals surface area contributed by atoms with Gasteiger partial charge in [-0.05, 0) is 91.8 Å². The van der Waals surface area contributed by atoms with Gasteiger partial charge in [0.05, 0.1) is 12.7 Å². The van der Waals surface area contributed by atoms with Crippen LogP contribution in [0.2, 0.25) is 0 Å². The topological polar surface area (TPSA) is 71.1 Å². The normalized spacial score (nSPS) is 54.5. The van der Waals surface area contributed by atoms with Gasteiger partial charge in [0.2, 0.25) is 0 Å². The van der Waals surface area contributed by atoms with Gasteiger partial charge in [-0.1, -0.05) is 27.7 Å². The van der Waals surface area contributed by atoms with Crippen molar-refractivity contribution < 1.29 is 28.5 Å². The molecule has 208 valence electrons. The van der Waals surface area contributed by atoms with Crippen LogP contribution in [-0.2, 0) is 28.5 Å². The van der Waals surface area contributed by atoms with Gasteiger partial charge in [-0.3, -0.25) is 9.59 Å². The van der Waals surface area contributed by atoms with Crippen molar-refractivity contribution in [1.82, 2.24) is 0 Å². The van der Waals surface area contributed by atoms with Crippen LogP contribution >= 0.6 is 0 Å². The second-order valence-corrected chi connectivity index (χ2v) is 14.4. The molecule has 0 radical (unpaired) electrons. The predicted molar refractivity (Wildman–Crippen MR) is 138 cm³/mol. The molecule has 2 saturated heterocycles. The van der Waals surface area contributed by atoms with Crippen LogP contribution in [0.4, 0.5) is 0 Å². The fourth-order valence-electron chi connectivity index (χ4n) is 10.9. The van der Waals surface area contributed by atoms with Gasteiger partial charge in [-0.15, -0.1) is 0 Å². The molecule has 6 rings (SSSR count). The SMILES string of the molecule is CC(=O)OC1CCC2(C)C(C1)C(OC(C)=O)CC1C2CCC2(C)C1CC1OC3(CCC(C)CO3)C(C)C12. The first-order valence-electron chi connectivity index (χ1n) is 15.1. The van der Waals surface area contributed by atoms with Crippen molar-refractivity contribution in [3.05, 3.63) is 0 Å². The second kappa shape index (κ2) is 8.94. The minimum Gasteiger partial charge on any atom is -0.463 e. The molecule has 13 unspecified atom stereocenters. The van der Waals surface area contributed by atoms with Gasteiger partial charge in [0.25, 0.3) is 0 Å². The van der Waals surface area contributed by atoms with Crippen LogP contribution < -0.4 is 0 Å². The molecule has 6 nitrogen and oxygen atoms in total.